The van der Waals surface area contributed by atoms with Gasteiger partial charge in [0.05, 0.1) is 0 Å². The molecule has 0 fully saturated rings. The largest absolute Gasteiger partial charge is 0.319 e. The Labute approximate surface area is 79.6 Å². The molecule has 0 saturated heterocycles. The Morgan fingerprint density at radius 1 is 1.31 bits per heavy atom. The van der Waals surface area contributed by atoms with Crippen LogP contribution < -0.4 is 0 Å². The number of rotatable bonds is 0. The molecule has 0 aromatic heterocycles. The average molecular weight is 179 g/mol. The van der Waals surface area contributed by atoms with Gasteiger partial charge in [0.15, 0.2) is 0 Å². The summed E-state index contributed by atoms with van der Waals surface area (Å²) < 4.78 is 0. The van der Waals surface area contributed by atoms with Crippen LogP contribution in [0.1, 0.15) is 39.0 Å². The minimum absolute atomic E-state index is 0.210. The van der Waals surface area contributed by atoms with E-state index >= 15 is 0 Å². The number of hydrogen-bond acceptors (Lipinski definition) is 1. The van der Waals surface area contributed by atoms with E-state index in [1.165, 1.54) is 25.0 Å². The zero-order chi connectivity index (χ0) is 9.42. The smallest absolute Gasteiger partial charge is 0.229 e. The van der Waals surface area contributed by atoms with Crippen molar-refractivity contribution in [2.75, 3.05) is 7.05 Å². The van der Waals surface area contributed by atoms with E-state index in [1.54, 1.807) is 5.57 Å². The highest BCUT2D eigenvalue weighted by Crippen LogP contribution is 2.35. The van der Waals surface area contributed by atoms with Crippen LogP contribution in [0.25, 0.3) is 0 Å². The highest BCUT2D eigenvalue weighted by atomic mass is 16.2. The molecule has 1 aliphatic carbocycles. The van der Waals surface area contributed by atoms with Crippen LogP contribution in [0.5, 0.6) is 0 Å². The summed E-state index contributed by atoms with van der Waals surface area (Å²) in [7, 11) is 1.93. The fourth-order valence-electron chi connectivity index (χ4n) is 2.50. The third-order valence-electron chi connectivity index (χ3n) is 3.26. The first-order chi connectivity index (χ1) is 6.20. The maximum Gasteiger partial charge on any atom is 0.229 e. The Kier molecular flexibility index (Phi) is 2.14. The normalized spacial score (nSPS) is 29.2. The van der Waals surface area contributed by atoms with Gasteiger partial charge >= 0.3 is 0 Å². The standard InChI is InChI=1S/C11H17NO/c1-8-7-9-5-3-4-6-10(9)12(2)11(8)13/h8H,3-7H2,1-2H3. The third-order valence-corrected chi connectivity index (χ3v) is 3.26. The van der Waals surface area contributed by atoms with Gasteiger partial charge in [-0.2, -0.15) is 0 Å². The van der Waals surface area contributed by atoms with Gasteiger partial charge in [0.2, 0.25) is 5.91 Å². The Balaban J connectivity index is 2.30. The molecule has 13 heavy (non-hydrogen) atoms. The van der Waals surface area contributed by atoms with Crippen LogP contribution in [0.2, 0.25) is 0 Å². The summed E-state index contributed by atoms with van der Waals surface area (Å²) in [6, 6.07) is 0. The van der Waals surface area contributed by atoms with Crippen molar-refractivity contribution >= 4 is 5.91 Å². The molecule has 1 heterocycles. The first-order valence-corrected chi connectivity index (χ1v) is 5.18. The van der Waals surface area contributed by atoms with Crippen LogP contribution in [0, 0.1) is 5.92 Å². The third kappa shape index (κ3) is 1.38. The van der Waals surface area contributed by atoms with E-state index in [9.17, 15) is 4.79 Å². The molecular weight excluding hydrogens is 162 g/mol. The van der Waals surface area contributed by atoms with Crippen molar-refractivity contribution in [2.45, 2.75) is 39.0 Å². The van der Waals surface area contributed by atoms with Crippen molar-refractivity contribution < 1.29 is 4.79 Å². The molecular formula is C11H17NO. The van der Waals surface area contributed by atoms with Gasteiger partial charge in [-0.15, -0.1) is 0 Å². The van der Waals surface area contributed by atoms with E-state index in [2.05, 4.69) is 0 Å². The van der Waals surface area contributed by atoms with Crippen molar-refractivity contribution in [3.05, 3.63) is 11.3 Å². The second-order valence-corrected chi connectivity index (χ2v) is 4.26. The Bertz CT molecular complexity index is 267. The monoisotopic (exact) mass is 179 g/mol. The van der Waals surface area contributed by atoms with Gasteiger partial charge < -0.3 is 4.90 Å². The van der Waals surface area contributed by atoms with Gasteiger partial charge in [0.1, 0.15) is 0 Å². The van der Waals surface area contributed by atoms with Crippen molar-refractivity contribution in [3.63, 3.8) is 0 Å². The lowest BCUT2D eigenvalue weighted by Crippen LogP contribution is -2.37. The summed E-state index contributed by atoms with van der Waals surface area (Å²) >= 11 is 0. The fraction of sp³-hybridized carbons (Fsp3) is 0.727. The molecule has 2 aliphatic rings. The van der Waals surface area contributed by atoms with Crippen LogP contribution in [0.4, 0.5) is 0 Å². The lowest BCUT2D eigenvalue weighted by molar-refractivity contribution is -0.133. The van der Waals surface area contributed by atoms with Gasteiger partial charge in [-0.3, -0.25) is 4.79 Å². The Hall–Kier alpha value is -0.790. The van der Waals surface area contributed by atoms with Gasteiger partial charge in [0.25, 0.3) is 0 Å². The predicted octanol–water partition coefficient (Wildman–Crippen LogP) is 2.31. The molecule has 0 N–H and O–H groups in total. The molecule has 0 aromatic carbocycles. The molecule has 72 valence electrons. The lowest BCUT2D eigenvalue weighted by Gasteiger charge is -2.35. The van der Waals surface area contributed by atoms with Crippen LogP contribution in [-0.2, 0) is 4.79 Å². The zero-order valence-corrected chi connectivity index (χ0v) is 8.47. The van der Waals surface area contributed by atoms with E-state index in [1.807, 2.05) is 18.9 Å². The van der Waals surface area contributed by atoms with E-state index < -0.39 is 0 Å². The summed E-state index contributed by atoms with van der Waals surface area (Å²) in [5, 5.41) is 0. The SMILES string of the molecule is CC1CC2=C(CCCC2)N(C)C1=O. The van der Waals surface area contributed by atoms with Crippen molar-refractivity contribution in [1.82, 2.24) is 4.90 Å². The summed E-state index contributed by atoms with van der Waals surface area (Å²) in [6.45, 7) is 2.04. The van der Waals surface area contributed by atoms with Crippen LogP contribution >= 0.6 is 0 Å². The molecule has 0 radical (unpaired) electrons. The molecule has 0 spiro atoms. The molecule has 2 nitrogen and oxygen atoms in total. The predicted molar refractivity (Wildman–Crippen MR) is 52.0 cm³/mol. The van der Waals surface area contributed by atoms with Crippen molar-refractivity contribution in [1.29, 1.82) is 0 Å². The van der Waals surface area contributed by atoms with Crippen LogP contribution in [0.15, 0.2) is 11.3 Å². The Morgan fingerprint density at radius 3 is 2.77 bits per heavy atom. The summed E-state index contributed by atoms with van der Waals surface area (Å²) in [5.74, 6) is 0.516. The van der Waals surface area contributed by atoms with Gasteiger partial charge in [-0.1, -0.05) is 6.92 Å². The quantitative estimate of drug-likeness (QED) is 0.559. The Morgan fingerprint density at radius 2 is 2.00 bits per heavy atom. The van der Waals surface area contributed by atoms with Crippen molar-refractivity contribution in [2.24, 2.45) is 5.92 Å². The molecule has 0 saturated carbocycles. The van der Waals surface area contributed by atoms with Crippen molar-refractivity contribution in [3.8, 4) is 0 Å². The molecule has 0 bridgehead atoms. The number of hydrogen-bond donors (Lipinski definition) is 0. The molecule has 1 atom stereocenters. The van der Waals surface area contributed by atoms with E-state index in [4.69, 9.17) is 0 Å². The minimum atomic E-state index is 0.210. The lowest BCUT2D eigenvalue weighted by atomic mass is 9.85. The highest BCUT2D eigenvalue weighted by Gasteiger charge is 2.30. The number of amides is 1. The number of carbonyl (C=O) groups is 1. The molecule has 2 heteroatoms. The molecule has 1 aliphatic heterocycles. The summed E-state index contributed by atoms with van der Waals surface area (Å²) in [5.41, 5.74) is 2.87. The maximum absolute atomic E-state index is 11.7. The topological polar surface area (TPSA) is 20.3 Å². The molecule has 1 unspecified atom stereocenters. The number of allylic oxidation sites excluding steroid dienone is 2. The fourth-order valence-corrected chi connectivity index (χ4v) is 2.50. The van der Waals surface area contributed by atoms with Gasteiger partial charge in [-0.05, 0) is 37.7 Å². The number of nitrogens with zero attached hydrogens (tertiary/aromatic N) is 1. The second kappa shape index (κ2) is 3.17. The van der Waals surface area contributed by atoms with Crippen LogP contribution in [0.3, 0.4) is 0 Å². The maximum atomic E-state index is 11.7. The number of carbonyl (C=O) groups excluding carboxylic acids is 1. The molecule has 1 amide bonds. The van der Waals surface area contributed by atoms with Gasteiger partial charge in [-0.25, -0.2) is 0 Å². The molecule has 2 rings (SSSR count). The average Bonchev–Trinajstić information content (AvgIpc) is 2.15. The van der Waals surface area contributed by atoms with Crippen LogP contribution in [-0.4, -0.2) is 17.9 Å². The second-order valence-electron chi connectivity index (χ2n) is 4.26. The zero-order valence-electron chi connectivity index (χ0n) is 8.47. The summed E-state index contributed by atoms with van der Waals surface area (Å²) in [6.07, 6.45) is 5.92. The minimum Gasteiger partial charge on any atom is -0.319 e. The molecule has 0 aromatic rings. The van der Waals surface area contributed by atoms with Gasteiger partial charge in [0, 0.05) is 18.7 Å². The van der Waals surface area contributed by atoms with E-state index in [0.29, 0.717) is 5.91 Å². The first kappa shape index (κ1) is 8.79. The van der Waals surface area contributed by atoms with E-state index in [-0.39, 0.29) is 5.92 Å². The highest BCUT2D eigenvalue weighted by molar-refractivity contribution is 5.81. The van der Waals surface area contributed by atoms with E-state index in [0.717, 1.165) is 12.8 Å². The summed E-state index contributed by atoms with van der Waals surface area (Å²) in [4.78, 5) is 13.6. The first-order valence-electron chi connectivity index (χ1n) is 5.18.